The van der Waals surface area contributed by atoms with Gasteiger partial charge in [-0.25, -0.2) is 0 Å². The summed E-state index contributed by atoms with van der Waals surface area (Å²) in [6, 6.07) is 0. The topological polar surface area (TPSA) is 46.5 Å². The van der Waals surface area contributed by atoms with E-state index in [4.69, 9.17) is 9.84 Å². The second kappa shape index (κ2) is 3.81. The molecule has 0 radical (unpaired) electrons. The number of carboxylic acids is 1. The lowest BCUT2D eigenvalue weighted by molar-refractivity contribution is -0.148. The number of methoxy groups -OCH3 is 1. The molecular formula is C10H16O3. The van der Waals surface area contributed by atoms with Crippen molar-refractivity contribution in [2.24, 2.45) is 5.41 Å². The fraction of sp³-hybridized carbons (Fsp3) is 0.700. The maximum absolute atomic E-state index is 11.0. The zero-order valence-corrected chi connectivity index (χ0v) is 8.17. The number of allylic oxidation sites excluding steroid dienone is 1. The Hall–Kier alpha value is -0.990. The van der Waals surface area contributed by atoms with Gasteiger partial charge in [-0.2, -0.15) is 0 Å². The third-order valence-corrected chi connectivity index (χ3v) is 2.64. The first-order valence-corrected chi connectivity index (χ1v) is 4.52. The van der Waals surface area contributed by atoms with E-state index in [1.165, 1.54) is 0 Å². The van der Waals surface area contributed by atoms with E-state index < -0.39 is 11.4 Å². The molecule has 0 bridgehead atoms. The van der Waals surface area contributed by atoms with Crippen LogP contribution in [0.4, 0.5) is 0 Å². The predicted molar refractivity (Wildman–Crippen MR) is 49.3 cm³/mol. The van der Waals surface area contributed by atoms with Crippen LogP contribution in [0.5, 0.6) is 0 Å². The standard InChI is InChI=1S/C10H16O3/c1-10(9(11)12)5-3-4-8(6-10)7-13-2/h7H,3-6H2,1-2H3,(H,11,12)/b8-7+/t10-/m0/s1. The average molecular weight is 184 g/mol. The molecule has 1 aliphatic rings. The lowest BCUT2D eigenvalue weighted by Crippen LogP contribution is -2.30. The lowest BCUT2D eigenvalue weighted by Gasteiger charge is -2.30. The Bertz CT molecular complexity index is 232. The second-order valence-electron chi connectivity index (χ2n) is 3.91. The number of carboxylic acid groups (broad SMARTS) is 1. The van der Waals surface area contributed by atoms with E-state index >= 15 is 0 Å². The molecule has 1 saturated carbocycles. The zero-order chi connectivity index (χ0) is 9.90. The summed E-state index contributed by atoms with van der Waals surface area (Å²) in [5.74, 6) is -0.700. The molecule has 0 aromatic rings. The summed E-state index contributed by atoms with van der Waals surface area (Å²) in [5.41, 5.74) is 0.529. The minimum atomic E-state index is -0.700. The van der Waals surface area contributed by atoms with Gasteiger partial charge in [0.05, 0.1) is 18.8 Å². The van der Waals surface area contributed by atoms with Crippen LogP contribution in [-0.4, -0.2) is 18.2 Å². The van der Waals surface area contributed by atoms with Crippen molar-refractivity contribution in [1.82, 2.24) is 0 Å². The molecule has 3 nitrogen and oxygen atoms in total. The predicted octanol–water partition coefficient (Wildman–Crippen LogP) is 2.18. The minimum absolute atomic E-state index is 0.581. The number of carbonyl (C=O) groups is 1. The third kappa shape index (κ3) is 2.23. The molecule has 0 aliphatic heterocycles. The van der Waals surface area contributed by atoms with E-state index in [1.54, 1.807) is 20.3 Å². The molecule has 1 atom stereocenters. The molecule has 0 aromatic carbocycles. The molecule has 0 heterocycles. The van der Waals surface area contributed by atoms with Crippen LogP contribution in [0.25, 0.3) is 0 Å². The number of hydrogen-bond donors (Lipinski definition) is 1. The normalized spacial score (nSPS) is 31.7. The van der Waals surface area contributed by atoms with Gasteiger partial charge in [-0.15, -0.1) is 0 Å². The monoisotopic (exact) mass is 184 g/mol. The van der Waals surface area contributed by atoms with Gasteiger partial charge in [-0.3, -0.25) is 4.79 Å². The Balaban J connectivity index is 2.71. The number of hydrogen-bond acceptors (Lipinski definition) is 2. The van der Waals surface area contributed by atoms with Crippen molar-refractivity contribution in [3.05, 3.63) is 11.8 Å². The Kier molecular flexibility index (Phi) is 2.96. The smallest absolute Gasteiger partial charge is 0.309 e. The highest BCUT2D eigenvalue weighted by molar-refractivity contribution is 5.74. The Morgan fingerprint density at radius 3 is 2.92 bits per heavy atom. The molecule has 0 saturated heterocycles. The van der Waals surface area contributed by atoms with E-state index in [9.17, 15) is 4.79 Å². The second-order valence-corrected chi connectivity index (χ2v) is 3.91. The summed E-state index contributed by atoms with van der Waals surface area (Å²) >= 11 is 0. The number of rotatable bonds is 2. The van der Waals surface area contributed by atoms with Gasteiger partial charge < -0.3 is 9.84 Å². The number of aliphatic carboxylic acids is 1. The molecule has 74 valence electrons. The van der Waals surface area contributed by atoms with Gasteiger partial charge in [-0.05, 0) is 38.2 Å². The molecule has 0 amide bonds. The first-order valence-electron chi connectivity index (χ1n) is 4.52. The Morgan fingerprint density at radius 2 is 2.38 bits per heavy atom. The summed E-state index contributed by atoms with van der Waals surface area (Å²) in [4.78, 5) is 11.0. The van der Waals surface area contributed by atoms with Crippen molar-refractivity contribution in [2.75, 3.05) is 7.11 Å². The van der Waals surface area contributed by atoms with Crippen LogP contribution in [0, 0.1) is 5.41 Å². The van der Waals surface area contributed by atoms with Crippen molar-refractivity contribution in [2.45, 2.75) is 32.6 Å². The zero-order valence-electron chi connectivity index (χ0n) is 8.17. The van der Waals surface area contributed by atoms with Crippen molar-refractivity contribution >= 4 is 5.97 Å². The van der Waals surface area contributed by atoms with E-state index in [1.807, 2.05) is 0 Å². The molecule has 0 spiro atoms. The lowest BCUT2D eigenvalue weighted by atomic mass is 9.74. The van der Waals surface area contributed by atoms with Crippen LogP contribution in [0.15, 0.2) is 11.8 Å². The van der Waals surface area contributed by atoms with E-state index in [0.717, 1.165) is 24.8 Å². The Labute approximate surface area is 78.4 Å². The van der Waals surface area contributed by atoms with Gasteiger partial charge in [-0.1, -0.05) is 0 Å². The first kappa shape index (κ1) is 10.1. The van der Waals surface area contributed by atoms with Gasteiger partial charge in [0, 0.05) is 0 Å². The van der Waals surface area contributed by atoms with Crippen molar-refractivity contribution < 1.29 is 14.6 Å². The largest absolute Gasteiger partial charge is 0.504 e. The van der Waals surface area contributed by atoms with Gasteiger partial charge >= 0.3 is 5.97 Å². The van der Waals surface area contributed by atoms with Gasteiger partial charge in [0.1, 0.15) is 0 Å². The molecule has 13 heavy (non-hydrogen) atoms. The fourth-order valence-electron chi connectivity index (χ4n) is 1.83. The molecule has 1 N–H and O–H groups in total. The summed E-state index contributed by atoms with van der Waals surface area (Å²) < 4.78 is 4.90. The summed E-state index contributed by atoms with van der Waals surface area (Å²) in [6.45, 7) is 1.80. The molecular weight excluding hydrogens is 168 g/mol. The first-order chi connectivity index (χ1) is 6.08. The van der Waals surface area contributed by atoms with Crippen LogP contribution in [0.3, 0.4) is 0 Å². The summed E-state index contributed by atoms with van der Waals surface area (Å²) in [6.07, 6.45) is 4.98. The van der Waals surface area contributed by atoms with Crippen molar-refractivity contribution in [1.29, 1.82) is 0 Å². The highest BCUT2D eigenvalue weighted by atomic mass is 16.5. The highest BCUT2D eigenvalue weighted by Gasteiger charge is 2.36. The SMILES string of the molecule is CO/C=C1\CCC[C@](C)(C(=O)O)C1. The quantitative estimate of drug-likeness (QED) is 0.669. The summed E-state index contributed by atoms with van der Waals surface area (Å²) in [7, 11) is 1.60. The average Bonchev–Trinajstić information content (AvgIpc) is 2.04. The van der Waals surface area contributed by atoms with Crippen LogP contribution in [0.2, 0.25) is 0 Å². The maximum atomic E-state index is 11.0. The summed E-state index contributed by atoms with van der Waals surface area (Å²) in [5, 5.41) is 9.02. The van der Waals surface area contributed by atoms with E-state index in [2.05, 4.69) is 0 Å². The number of ether oxygens (including phenoxy) is 1. The van der Waals surface area contributed by atoms with Crippen LogP contribution < -0.4 is 0 Å². The Morgan fingerprint density at radius 1 is 1.69 bits per heavy atom. The molecule has 0 unspecified atom stereocenters. The third-order valence-electron chi connectivity index (χ3n) is 2.64. The van der Waals surface area contributed by atoms with Gasteiger partial charge in [0.2, 0.25) is 0 Å². The fourth-order valence-corrected chi connectivity index (χ4v) is 1.83. The highest BCUT2D eigenvalue weighted by Crippen LogP contribution is 2.38. The van der Waals surface area contributed by atoms with Crippen molar-refractivity contribution in [3.63, 3.8) is 0 Å². The molecule has 0 aromatic heterocycles. The molecule has 1 aliphatic carbocycles. The maximum Gasteiger partial charge on any atom is 0.309 e. The molecule has 1 fully saturated rings. The van der Waals surface area contributed by atoms with Gasteiger partial charge in [0.25, 0.3) is 0 Å². The van der Waals surface area contributed by atoms with Crippen LogP contribution in [0.1, 0.15) is 32.6 Å². The van der Waals surface area contributed by atoms with Crippen LogP contribution in [-0.2, 0) is 9.53 Å². The van der Waals surface area contributed by atoms with E-state index in [0.29, 0.717) is 6.42 Å². The van der Waals surface area contributed by atoms with Crippen molar-refractivity contribution in [3.8, 4) is 0 Å². The van der Waals surface area contributed by atoms with Crippen LogP contribution >= 0.6 is 0 Å². The van der Waals surface area contributed by atoms with E-state index in [-0.39, 0.29) is 0 Å². The molecule has 1 rings (SSSR count). The minimum Gasteiger partial charge on any atom is -0.504 e. The van der Waals surface area contributed by atoms with Gasteiger partial charge in [0.15, 0.2) is 0 Å². The molecule has 3 heteroatoms.